The van der Waals surface area contributed by atoms with Gasteiger partial charge in [0.2, 0.25) is 5.91 Å². The van der Waals surface area contributed by atoms with E-state index in [0.717, 1.165) is 16.6 Å². The Balaban J connectivity index is 1.75. The third-order valence-electron chi connectivity index (χ3n) is 4.02. The van der Waals surface area contributed by atoms with Gasteiger partial charge in [0.05, 0.1) is 9.70 Å². The number of carbonyl (C=O) groups is 2. The summed E-state index contributed by atoms with van der Waals surface area (Å²) in [6.45, 7) is 3.06. The Hall–Kier alpha value is -0.880. The fourth-order valence-electron chi connectivity index (χ4n) is 2.80. The fraction of sp³-hybridized carbons (Fsp3) is 0.600. The van der Waals surface area contributed by atoms with Gasteiger partial charge in [0, 0.05) is 24.4 Å². The van der Waals surface area contributed by atoms with Gasteiger partial charge in [-0.3, -0.25) is 9.59 Å². The number of amides is 1. The minimum Gasteiger partial charge on any atom is -0.481 e. The zero-order chi connectivity index (χ0) is 15.4. The molecule has 0 radical (unpaired) electrons. The molecule has 1 amide bonds. The topological polar surface area (TPSA) is 57.6 Å². The number of nitrogens with zero attached hydrogens (tertiary/aromatic N) is 1. The van der Waals surface area contributed by atoms with E-state index in [-0.39, 0.29) is 17.7 Å². The van der Waals surface area contributed by atoms with Crippen LogP contribution in [0, 0.1) is 11.8 Å². The molecule has 1 aromatic heterocycles. The van der Waals surface area contributed by atoms with Crippen molar-refractivity contribution in [2.24, 2.45) is 11.8 Å². The van der Waals surface area contributed by atoms with Crippen LogP contribution in [0.4, 0.5) is 0 Å². The SMILES string of the molecule is CC1CN(C(=O)CCCc2ccc(Br)s2)CCC1C(=O)O. The van der Waals surface area contributed by atoms with Crippen molar-refractivity contribution in [3.63, 3.8) is 0 Å². The highest BCUT2D eigenvalue weighted by atomic mass is 79.9. The summed E-state index contributed by atoms with van der Waals surface area (Å²) >= 11 is 5.14. The third-order valence-corrected chi connectivity index (χ3v) is 5.70. The Morgan fingerprint density at radius 1 is 1.48 bits per heavy atom. The van der Waals surface area contributed by atoms with Crippen molar-refractivity contribution in [2.75, 3.05) is 13.1 Å². The van der Waals surface area contributed by atoms with Crippen LogP contribution < -0.4 is 0 Å². The molecule has 0 saturated carbocycles. The molecular weight excluding hydrogens is 354 g/mol. The second-order valence-electron chi connectivity index (χ2n) is 5.61. The maximum atomic E-state index is 12.2. The van der Waals surface area contributed by atoms with Crippen molar-refractivity contribution in [3.8, 4) is 0 Å². The quantitative estimate of drug-likeness (QED) is 0.860. The molecule has 0 spiro atoms. The first-order chi connectivity index (χ1) is 9.97. The number of aryl methyl sites for hydroxylation is 1. The van der Waals surface area contributed by atoms with Crippen LogP contribution >= 0.6 is 27.3 Å². The first-order valence-corrected chi connectivity index (χ1v) is 8.83. The molecule has 1 aromatic rings. The molecule has 1 N–H and O–H groups in total. The number of halogens is 1. The molecule has 21 heavy (non-hydrogen) atoms. The van der Waals surface area contributed by atoms with Gasteiger partial charge >= 0.3 is 5.97 Å². The van der Waals surface area contributed by atoms with Gasteiger partial charge in [0.15, 0.2) is 0 Å². The van der Waals surface area contributed by atoms with Crippen molar-refractivity contribution in [1.29, 1.82) is 0 Å². The van der Waals surface area contributed by atoms with Gasteiger partial charge in [-0.15, -0.1) is 11.3 Å². The Bertz CT molecular complexity index is 517. The normalized spacial score (nSPS) is 22.3. The van der Waals surface area contributed by atoms with Gasteiger partial charge in [0.25, 0.3) is 0 Å². The van der Waals surface area contributed by atoms with Crippen molar-refractivity contribution in [3.05, 3.63) is 20.8 Å². The molecule has 2 heterocycles. The number of likely N-dealkylation sites (tertiary alicyclic amines) is 1. The summed E-state index contributed by atoms with van der Waals surface area (Å²) < 4.78 is 1.12. The summed E-state index contributed by atoms with van der Waals surface area (Å²) in [7, 11) is 0. The first kappa shape index (κ1) is 16.5. The van der Waals surface area contributed by atoms with E-state index < -0.39 is 5.97 Å². The van der Waals surface area contributed by atoms with Gasteiger partial charge in [-0.2, -0.15) is 0 Å². The van der Waals surface area contributed by atoms with E-state index in [9.17, 15) is 9.59 Å². The lowest BCUT2D eigenvalue weighted by Gasteiger charge is -2.35. The monoisotopic (exact) mass is 373 g/mol. The smallest absolute Gasteiger partial charge is 0.306 e. The summed E-state index contributed by atoms with van der Waals surface area (Å²) in [5.74, 6) is -0.856. The lowest BCUT2D eigenvalue weighted by molar-refractivity contribution is -0.148. The van der Waals surface area contributed by atoms with Crippen LogP contribution in [-0.2, 0) is 16.0 Å². The van der Waals surface area contributed by atoms with Crippen molar-refractivity contribution in [2.45, 2.75) is 32.6 Å². The number of carboxylic acids is 1. The first-order valence-electron chi connectivity index (χ1n) is 7.22. The van der Waals surface area contributed by atoms with Crippen molar-refractivity contribution >= 4 is 39.1 Å². The van der Waals surface area contributed by atoms with Crippen LogP contribution in [0.15, 0.2) is 15.9 Å². The van der Waals surface area contributed by atoms with E-state index >= 15 is 0 Å². The van der Waals surface area contributed by atoms with E-state index in [1.165, 1.54) is 4.88 Å². The molecule has 1 fully saturated rings. The highest BCUT2D eigenvalue weighted by Gasteiger charge is 2.32. The second kappa shape index (κ2) is 7.40. The highest BCUT2D eigenvalue weighted by molar-refractivity contribution is 9.11. The van der Waals surface area contributed by atoms with Crippen LogP contribution in [-0.4, -0.2) is 35.0 Å². The van der Waals surface area contributed by atoms with Crippen LogP contribution in [0.3, 0.4) is 0 Å². The van der Waals surface area contributed by atoms with Crippen LogP contribution in [0.2, 0.25) is 0 Å². The molecule has 4 nitrogen and oxygen atoms in total. The largest absolute Gasteiger partial charge is 0.481 e. The Morgan fingerprint density at radius 3 is 2.81 bits per heavy atom. The molecule has 0 bridgehead atoms. The summed E-state index contributed by atoms with van der Waals surface area (Å²) in [6.07, 6.45) is 2.88. The third kappa shape index (κ3) is 4.54. The number of carboxylic acid groups (broad SMARTS) is 1. The van der Waals surface area contributed by atoms with E-state index in [4.69, 9.17) is 5.11 Å². The van der Waals surface area contributed by atoms with Gasteiger partial charge in [-0.05, 0) is 53.2 Å². The fourth-order valence-corrected chi connectivity index (χ4v) is 4.32. The average molecular weight is 374 g/mol. The van der Waals surface area contributed by atoms with E-state index in [2.05, 4.69) is 22.0 Å². The van der Waals surface area contributed by atoms with Gasteiger partial charge < -0.3 is 10.0 Å². The number of hydrogen-bond acceptors (Lipinski definition) is 3. The summed E-state index contributed by atoms with van der Waals surface area (Å²) in [5, 5.41) is 9.10. The minimum atomic E-state index is -0.738. The number of hydrogen-bond donors (Lipinski definition) is 1. The Labute approximate surface area is 137 Å². The molecule has 1 saturated heterocycles. The van der Waals surface area contributed by atoms with Crippen LogP contribution in [0.1, 0.15) is 31.1 Å². The second-order valence-corrected chi connectivity index (χ2v) is 8.16. The summed E-state index contributed by atoms with van der Waals surface area (Å²) in [5.41, 5.74) is 0. The molecule has 2 atom stereocenters. The van der Waals surface area contributed by atoms with Crippen LogP contribution in [0.25, 0.3) is 0 Å². The Kier molecular flexibility index (Phi) is 5.81. The zero-order valence-corrected chi connectivity index (χ0v) is 14.5. The van der Waals surface area contributed by atoms with Gasteiger partial charge in [0.1, 0.15) is 0 Å². The standard InChI is InChI=1S/C15H20BrNO3S/c1-10-9-17(8-7-12(10)15(19)20)14(18)4-2-3-11-5-6-13(16)21-11/h5-6,10,12H,2-4,7-9H2,1H3,(H,19,20). The summed E-state index contributed by atoms with van der Waals surface area (Å²) in [6, 6.07) is 4.11. The maximum absolute atomic E-state index is 12.2. The number of rotatable bonds is 5. The molecule has 2 unspecified atom stereocenters. The van der Waals surface area contributed by atoms with E-state index in [1.807, 2.05) is 17.9 Å². The molecule has 2 rings (SSSR count). The molecule has 1 aliphatic heterocycles. The van der Waals surface area contributed by atoms with Crippen LogP contribution in [0.5, 0.6) is 0 Å². The average Bonchev–Trinajstić information content (AvgIpc) is 2.83. The highest BCUT2D eigenvalue weighted by Crippen LogP contribution is 2.25. The molecule has 6 heteroatoms. The molecule has 0 aliphatic carbocycles. The number of aliphatic carboxylic acids is 1. The molecule has 116 valence electrons. The van der Waals surface area contributed by atoms with Gasteiger partial charge in [-0.25, -0.2) is 0 Å². The maximum Gasteiger partial charge on any atom is 0.306 e. The molecular formula is C15H20BrNO3S. The lowest BCUT2D eigenvalue weighted by Crippen LogP contribution is -2.44. The number of piperidine rings is 1. The van der Waals surface area contributed by atoms with E-state index in [1.54, 1.807) is 11.3 Å². The minimum absolute atomic E-state index is 0.0356. The molecule has 1 aliphatic rings. The van der Waals surface area contributed by atoms with Crippen molar-refractivity contribution in [1.82, 2.24) is 4.90 Å². The van der Waals surface area contributed by atoms with E-state index in [0.29, 0.717) is 25.9 Å². The zero-order valence-electron chi connectivity index (χ0n) is 12.0. The van der Waals surface area contributed by atoms with Crippen molar-refractivity contribution < 1.29 is 14.7 Å². The predicted octanol–water partition coefficient (Wildman–Crippen LogP) is 3.40. The molecule has 0 aromatic carbocycles. The number of thiophene rings is 1. The number of carbonyl (C=O) groups excluding carboxylic acids is 1. The Morgan fingerprint density at radius 2 is 2.24 bits per heavy atom. The lowest BCUT2D eigenvalue weighted by atomic mass is 9.87. The summed E-state index contributed by atoms with van der Waals surface area (Å²) in [4.78, 5) is 26.4. The van der Waals surface area contributed by atoms with Gasteiger partial charge in [-0.1, -0.05) is 6.92 Å². The predicted molar refractivity (Wildman–Crippen MR) is 86.4 cm³/mol.